The van der Waals surface area contributed by atoms with Gasteiger partial charge in [0.2, 0.25) is 0 Å². The van der Waals surface area contributed by atoms with Crippen LogP contribution in [0.3, 0.4) is 0 Å². The predicted molar refractivity (Wildman–Crippen MR) is 138 cm³/mol. The molecule has 0 atom stereocenters. The number of thiocarbonyl (C=S) groups is 1. The summed E-state index contributed by atoms with van der Waals surface area (Å²) in [6.07, 6.45) is 0. The van der Waals surface area contributed by atoms with E-state index >= 15 is 0 Å². The van der Waals surface area contributed by atoms with Crippen molar-refractivity contribution in [2.75, 3.05) is 5.32 Å². The number of hydrogen-bond acceptors (Lipinski definition) is 4. The van der Waals surface area contributed by atoms with Crippen LogP contribution in [0.25, 0.3) is 20.8 Å². The fourth-order valence-electron chi connectivity index (χ4n) is 2.85. The van der Waals surface area contributed by atoms with Crippen molar-refractivity contribution >= 4 is 84.7 Å². The molecule has 0 aliphatic heterocycles. The highest BCUT2D eigenvalue weighted by Gasteiger charge is 2.14. The van der Waals surface area contributed by atoms with Crippen molar-refractivity contribution in [1.29, 1.82) is 0 Å². The fourth-order valence-corrected chi connectivity index (χ4v) is 4.72. The Morgan fingerprint density at radius 2 is 1.93 bits per heavy atom. The van der Waals surface area contributed by atoms with E-state index in [0.717, 1.165) is 35.6 Å². The SMILES string of the molecule is Cc1ccc(C(=O)NC(=S)Nc2ccc(I)cc2-c2nc3ccccc3s2)cc1Cl. The number of carbonyl (C=O) groups is 1. The molecule has 30 heavy (non-hydrogen) atoms. The standard InChI is InChI=1S/C22H15ClIN3OS2/c1-12-6-7-13(10-16(12)23)20(28)27-22(29)26-17-9-8-14(24)11-15(17)21-25-18-4-2-3-5-19(18)30-21/h2-11H,1H3,(H2,26,27,28,29). The average Bonchev–Trinajstić information content (AvgIpc) is 3.15. The number of benzene rings is 3. The minimum absolute atomic E-state index is 0.209. The fraction of sp³-hybridized carbons (Fsp3) is 0.0455. The summed E-state index contributed by atoms with van der Waals surface area (Å²) in [6, 6.07) is 19.1. The van der Waals surface area contributed by atoms with Gasteiger partial charge in [-0.2, -0.15) is 0 Å². The number of hydrogen-bond donors (Lipinski definition) is 2. The molecule has 0 bridgehead atoms. The Morgan fingerprint density at radius 1 is 1.13 bits per heavy atom. The van der Waals surface area contributed by atoms with Crippen LogP contribution in [0.4, 0.5) is 5.69 Å². The smallest absolute Gasteiger partial charge is 0.257 e. The molecule has 1 aromatic heterocycles. The molecule has 4 nitrogen and oxygen atoms in total. The number of amides is 1. The summed E-state index contributed by atoms with van der Waals surface area (Å²) in [7, 11) is 0. The van der Waals surface area contributed by atoms with E-state index in [1.807, 2.05) is 43.3 Å². The van der Waals surface area contributed by atoms with Crippen molar-refractivity contribution in [2.24, 2.45) is 0 Å². The Morgan fingerprint density at radius 3 is 2.70 bits per heavy atom. The number of aryl methyl sites for hydroxylation is 1. The number of para-hydroxylation sites is 1. The lowest BCUT2D eigenvalue weighted by molar-refractivity contribution is 0.0977. The highest BCUT2D eigenvalue weighted by atomic mass is 127. The van der Waals surface area contributed by atoms with E-state index < -0.39 is 0 Å². The number of halogens is 2. The molecule has 8 heteroatoms. The zero-order valence-electron chi connectivity index (χ0n) is 15.7. The number of carbonyl (C=O) groups excluding carboxylic acids is 1. The highest BCUT2D eigenvalue weighted by Crippen LogP contribution is 2.35. The van der Waals surface area contributed by atoms with E-state index in [2.05, 4.69) is 39.3 Å². The van der Waals surface area contributed by atoms with E-state index in [1.165, 1.54) is 0 Å². The van der Waals surface area contributed by atoms with Gasteiger partial charge in [-0.3, -0.25) is 10.1 Å². The summed E-state index contributed by atoms with van der Waals surface area (Å²) in [6.45, 7) is 1.89. The number of anilines is 1. The second-order valence-electron chi connectivity index (χ2n) is 6.55. The molecule has 1 heterocycles. The highest BCUT2D eigenvalue weighted by molar-refractivity contribution is 14.1. The Bertz CT molecular complexity index is 1260. The summed E-state index contributed by atoms with van der Waals surface area (Å²) >= 11 is 15.4. The number of thiazole rings is 1. The van der Waals surface area contributed by atoms with Crippen LogP contribution in [0.5, 0.6) is 0 Å². The maximum Gasteiger partial charge on any atom is 0.257 e. The van der Waals surface area contributed by atoms with Crippen molar-refractivity contribution in [2.45, 2.75) is 6.92 Å². The maximum absolute atomic E-state index is 12.5. The zero-order valence-corrected chi connectivity index (χ0v) is 20.2. The molecule has 0 aliphatic rings. The van der Waals surface area contributed by atoms with E-state index in [-0.39, 0.29) is 11.0 Å². The lowest BCUT2D eigenvalue weighted by Crippen LogP contribution is -2.34. The van der Waals surface area contributed by atoms with Crippen molar-refractivity contribution < 1.29 is 4.79 Å². The molecule has 2 N–H and O–H groups in total. The van der Waals surface area contributed by atoms with E-state index in [0.29, 0.717) is 10.6 Å². The van der Waals surface area contributed by atoms with Crippen LogP contribution in [0.2, 0.25) is 5.02 Å². The summed E-state index contributed by atoms with van der Waals surface area (Å²) in [5, 5.41) is 7.49. The molecular formula is C22H15ClIN3OS2. The minimum Gasteiger partial charge on any atom is -0.332 e. The van der Waals surface area contributed by atoms with Gasteiger partial charge < -0.3 is 5.32 Å². The second-order valence-corrected chi connectivity index (χ2v) is 9.64. The quantitative estimate of drug-likeness (QED) is 0.216. The molecule has 0 saturated carbocycles. The van der Waals surface area contributed by atoms with Gasteiger partial charge >= 0.3 is 0 Å². The van der Waals surface area contributed by atoms with Crippen molar-refractivity contribution in [3.63, 3.8) is 0 Å². The molecule has 4 rings (SSSR count). The Balaban J connectivity index is 1.57. The molecule has 0 saturated heterocycles. The topological polar surface area (TPSA) is 54.0 Å². The third kappa shape index (κ3) is 4.64. The summed E-state index contributed by atoms with van der Waals surface area (Å²) in [5.41, 5.74) is 4.02. The lowest BCUT2D eigenvalue weighted by atomic mass is 10.1. The Hall–Kier alpha value is -2.07. The van der Waals surface area contributed by atoms with Crippen LogP contribution in [-0.4, -0.2) is 16.0 Å². The van der Waals surface area contributed by atoms with Crippen LogP contribution in [0.1, 0.15) is 15.9 Å². The van der Waals surface area contributed by atoms with E-state index in [1.54, 1.807) is 29.5 Å². The number of aromatic nitrogens is 1. The molecule has 3 aromatic carbocycles. The van der Waals surface area contributed by atoms with Crippen LogP contribution >= 0.6 is 57.7 Å². The summed E-state index contributed by atoms with van der Waals surface area (Å²) in [5.74, 6) is -0.318. The van der Waals surface area contributed by atoms with Gasteiger partial charge in [0.15, 0.2) is 5.11 Å². The van der Waals surface area contributed by atoms with E-state index in [9.17, 15) is 4.79 Å². The normalized spacial score (nSPS) is 10.8. The summed E-state index contributed by atoms with van der Waals surface area (Å²) in [4.78, 5) is 17.3. The van der Waals surface area contributed by atoms with Gasteiger partial charge in [0, 0.05) is 19.7 Å². The molecule has 0 radical (unpaired) electrons. The Kier molecular flexibility index (Phi) is 6.33. The predicted octanol–water partition coefficient (Wildman–Crippen LogP) is 6.66. The first-order valence-electron chi connectivity index (χ1n) is 8.95. The molecule has 0 spiro atoms. The van der Waals surface area contributed by atoms with Crippen LogP contribution < -0.4 is 10.6 Å². The van der Waals surface area contributed by atoms with Gasteiger partial charge in [-0.25, -0.2) is 4.98 Å². The van der Waals surface area contributed by atoms with Crippen molar-refractivity contribution in [3.05, 3.63) is 80.4 Å². The number of nitrogens with zero attached hydrogens (tertiary/aromatic N) is 1. The Labute approximate surface area is 201 Å². The second kappa shape index (κ2) is 8.97. The van der Waals surface area contributed by atoms with Gasteiger partial charge in [0.25, 0.3) is 5.91 Å². The van der Waals surface area contributed by atoms with Crippen LogP contribution in [-0.2, 0) is 0 Å². The van der Waals surface area contributed by atoms with Gasteiger partial charge in [-0.1, -0.05) is 29.8 Å². The first kappa shape index (κ1) is 21.2. The number of rotatable bonds is 3. The number of fused-ring (bicyclic) bond motifs is 1. The first-order chi connectivity index (χ1) is 14.4. The molecule has 4 aromatic rings. The third-order valence-corrected chi connectivity index (χ3v) is 6.77. The zero-order chi connectivity index (χ0) is 21.3. The van der Waals surface area contributed by atoms with Gasteiger partial charge in [-0.05, 0) is 89.8 Å². The third-order valence-electron chi connectivity index (χ3n) is 4.42. The molecule has 0 aliphatic carbocycles. The lowest BCUT2D eigenvalue weighted by Gasteiger charge is -2.13. The van der Waals surface area contributed by atoms with Gasteiger partial charge in [-0.15, -0.1) is 11.3 Å². The minimum atomic E-state index is -0.318. The first-order valence-corrected chi connectivity index (χ1v) is 11.6. The summed E-state index contributed by atoms with van der Waals surface area (Å²) < 4.78 is 2.20. The van der Waals surface area contributed by atoms with Crippen molar-refractivity contribution in [1.82, 2.24) is 10.3 Å². The van der Waals surface area contributed by atoms with Crippen LogP contribution in [0.15, 0.2) is 60.7 Å². The molecule has 0 fully saturated rings. The monoisotopic (exact) mass is 563 g/mol. The van der Waals surface area contributed by atoms with Crippen molar-refractivity contribution in [3.8, 4) is 10.6 Å². The molecule has 150 valence electrons. The largest absolute Gasteiger partial charge is 0.332 e. The maximum atomic E-state index is 12.5. The average molecular weight is 564 g/mol. The van der Waals surface area contributed by atoms with Gasteiger partial charge in [0.05, 0.1) is 15.9 Å². The molecule has 0 unspecified atom stereocenters. The molecule has 1 amide bonds. The van der Waals surface area contributed by atoms with Gasteiger partial charge in [0.1, 0.15) is 5.01 Å². The van der Waals surface area contributed by atoms with E-state index in [4.69, 9.17) is 28.8 Å². The van der Waals surface area contributed by atoms with Crippen LogP contribution in [0, 0.1) is 10.5 Å². The number of nitrogens with one attached hydrogen (secondary N) is 2. The molecular weight excluding hydrogens is 549 g/mol.